The zero-order valence-corrected chi connectivity index (χ0v) is 12.6. The summed E-state index contributed by atoms with van der Waals surface area (Å²) in [6.45, 7) is 3.98. The minimum absolute atomic E-state index is 0.733. The average molecular weight is 275 g/mol. The molecule has 7 atom stereocenters. The SMILES string of the molecule is C1CCN2C(C1)NC1CC3C4CNCC(C4)CC3CC12. The molecule has 3 heterocycles. The highest BCUT2D eigenvalue weighted by Gasteiger charge is 2.51. The molecule has 20 heavy (non-hydrogen) atoms. The third-order valence-corrected chi connectivity index (χ3v) is 7.23. The van der Waals surface area contributed by atoms with E-state index in [4.69, 9.17) is 0 Å². The molecule has 2 bridgehead atoms. The summed E-state index contributed by atoms with van der Waals surface area (Å²) in [5, 5.41) is 7.71. The lowest BCUT2D eigenvalue weighted by molar-refractivity contribution is 0.00933. The first-order valence-corrected chi connectivity index (χ1v) is 9.11. The minimum Gasteiger partial charge on any atom is -0.316 e. The number of rotatable bonds is 0. The van der Waals surface area contributed by atoms with E-state index in [0.29, 0.717) is 0 Å². The molecule has 3 heteroatoms. The zero-order chi connectivity index (χ0) is 13.1. The molecule has 2 N–H and O–H groups in total. The van der Waals surface area contributed by atoms with Crippen molar-refractivity contribution in [1.29, 1.82) is 0 Å². The fourth-order valence-corrected chi connectivity index (χ4v) is 6.46. The van der Waals surface area contributed by atoms with Gasteiger partial charge in [-0.1, -0.05) is 0 Å². The Bertz CT molecular complexity index is 384. The molecule has 3 saturated heterocycles. The number of fused-ring (bicyclic) bond motifs is 7. The van der Waals surface area contributed by atoms with Gasteiger partial charge in [-0.05, 0) is 88.3 Å². The molecule has 0 aromatic rings. The molecule has 5 rings (SSSR count). The quantitative estimate of drug-likeness (QED) is 0.706. The van der Waals surface area contributed by atoms with E-state index < -0.39 is 0 Å². The molecule has 2 aliphatic carbocycles. The van der Waals surface area contributed by atoms with Crippen LogP contribution < -0.4 is 10.6 Å². The predicted octanol–water partition coefficient (Wildman–Crippen LogP) is 1.79. The number of nitrogens with one attached hydrogen (secondary N) is 2. The molecule has 5 aliphatic rings. The molecule has 5 fully saturated rings. The second kappa shape index (κ2) is 4.69. The van der Waals surface area contributed by atoms with E-state index in [1.54, 1.807) is 0 Å². The molecule has 2 saturated carbocycles. The van der Waals surface area contributed by atoms with Gasteiger partial charge in [0.05, 0.1) is 6.17 Å². The van der Waals surface area contributed by atoms with Gasteiger partial charge in [-0.3, -0.25) is 10.2 Å². The molecule has 0 radical (unpaired) electrons. The lowest BCUT2D eigenvalue weighted by Gasteiger charge is -2.51. The van der Waals surface area contributed by atoms with E-state index >= 15 is 0 Å². The van der Waals surface area contributed by atoms with E-state index in [2.05, 4.69) is 15.5 Å². The maximum absolute atomic E-state index is 4.01. The van der Waals surface area contributed by atoms with Gasteiger partial charge in [-0.25, -0.2) is 0 Å². The van der Waals surface area contributed by atoms with Gasteiger partial charge in [0.2, 0.25) is 0 Å². The monoisotopic (exact) mass is 275 g/mol. The predicted molar refractivity (Wildman–Crippen MR) is 80.4 cm³/mol. The van der Waals surface area contributed by atoms with Gasteiger partial charge in [0.25, 0.3) is 0 Å². The summed E-state index contributed by atoms with van der Waals surface area (Å²) in [6.07, 6.45) is 11.0. The smallest absolute Gasteiger partial charge is 0.0602 e. The third-order valence-electron chi connectivity index (χ3n) is 7.23. The molecule has 3 nitrogen and oxygen atoms in total. The van der Waals surface area contributed by atoms with Crippen LogP contribution in [0.4, 0.5) is 0 Å². The van der Waals surface area contributed by atoms with Crippen LogP contribution in [0.3, 0.4) is 0 Å². The molecular formula is C17H29N3. The number of piperidine rings is 2. The first-order chi connectivity index (χ1) is 9.88. The first kappa shape index (κ1) is 12.4. The van der Waals surface area contributed by atoms with Crippen molar-refractivity contribution in [3.05, 3.63) is 0 Å². The maximum Gasteiger partial charge on any atom is 0.0602 e. The lowest BCUT2D eigenvalue weighted by atomic mass is 9.59. The Labute approximate surface area is 122 Å². The van der Waals surface area contributed by atoms with Gasteiger partial charge in [0, 0.05) is 12.1 Å². The fraction of sp³-hybridized carbons (Fsp3) is 1.00. The number of hydrogen-bond acceptors (Lipinski definition) is 3. The van der Waals surface area contributed by atoms with Gasteiger partial charge in [0.15, 0.2) is 0 Å². The summed E-state index contributed by atoms with van der Waals surface area (Å²) in [5.41, 5.74) is 0. The van der Waals surface area contributed by atoms with Gasteiger partial charge in [0.1, 0.15) is 0 Å². The van der Waals surface area contributed by atoms with Crippen molar-refractivity contribution in [3.63, 3.8) is 0 Å². The van der Waals surface area contributed by atoms with Crippen LogP contribution in [0.25, 0.3) is 0 Å². The van der Waals surface area contributed by atoms with Crippen molar-refractivity contribution in [2.24, 2.45) is 23.7 Å². The molecule has 0 aromatic carbocycles. The molecule has 7 unspecified atom stereocenters. The summed E-state index contributed by atoms with van der Waals surface area (Å²) < 4.78 is 0. The van der Waals surface area contributed by atoms with Crippen molar-refractivity contribution >= 4 is 0 Å². The van der Waals surface area contributed by atoms with Crippen molar-refractivity contribution in [2.45, 2.75) is 63.2 Å². The van der Waals surface area contributed by atoms with Gasteiger partial charge < -0.3 is 5.32 Å². The second-order valence-electron chi connectivity index (χ2n) is 8.24. The summed E-state index contributed by atoms with van der Waals surface area (Å²) in [7, 11) is 0. The van der Waals surface area contributed by atoms with Crippen LogP contribution in [0, 0.1) is 23.7 Å². The zero-order valence-electron chi connectivity index (χ0n) is 12.6. The van der Waals surface area contributed by atoms with Crippen LogP contribution in [0.15, 0.2) is 0 Å². The molecule has 0 amide bonds. The molecular weight excluding hydrogens is 246 g/mol. The Morgan fingerprint density at radius 1 is 0.900 bits per heavy atom. The Hall–Kier alpha value is -0.120. The van der Waals surface area contributed by atoms with Crippen molar-refractivity contribution < 1.29 is 0 Å². The normalized spacial score (nSPS) is 54.9. The van der Waals surface area contributed by atoms with Gasteiger partial charge in [-0.2, -0.15) is 0 Å². The topological polar surface area (TPSA) is 27.3 Å². The Morgan fingerprint density at radius 3 is 2.85 bits per heavy atom. The van der Waals surface area contributed by atoms with Crippen molar-refractivity contribution in [3.8, 4) is 0 Å². The summed E-state index contributed by atoms with van der Waals surface area (Å²) in [4.78, 5) is 2.85. The molecule has 0 aromatic heterocycles. The van der Waals surface area contributed by atoms with Crippen molar-refractivity contribution in [2.75, 3.05) is 19.6 Å². The standard InChI is InChI=1S/C17H29N3/c1-2-4-20-16-7-12-5-11-6-13(10-18-9-11)14(12)8-15(16)19-17(20)3-1/h11-19H,1-10H2. The third kappa shape index (κ3) is 1.82. The maximum atomic E-state index is 4.01. The van der Waals surface area contributed by atoms with Crippen LogP contribution >= 0.6 is 0 Å². The largest absolute Gasteiger partial charge is 0.316 e. The second-order valence-corrected chi connectivity index (χ2v) is 8.24. The van der Waals surface area contributed by atoms with E-state index in [-0.39, 0.29) is 0 Å². The fourth-order valence-electron chi connectivity index (χ4n) is 6.46. The van der Waals surface area contributed by atoms with Gasteiger partial charge >= 0.3 is 0 Å². The Balaban J connectivity index is 1.38. The van der Waals surface area contributed by atoms with E-state index in [9.17, 15) is 0 Å². The summed E-state index contributed by atoms with van der Waals surface area (Å²) in [6, 6.07) is 1.70. The van der Waals surface area contributed by atoms with E-state index in [1.165, 1.54) is 64.6 Å². The minimum atomic E-state index is 0.733. The van der Waals surface area contributed by atoms with Crippen molar-refractivity contribution in [1.82, 2.24) is 15.5 Å². The van der Waals surface area contributed by atoms with Crippen LogP contribution in [0.5, 0.6) is 0 Å². The van der Waals surface area contributed by atoms with Crippen LogP contribution in [0.2, 0.25) is 0 Å². The highest BCUT2D eigenvalue weighted by molar-refractivity contribution is 5.06. The summed E-state index contributed by atoms with van der Waals surface area (Å²) >= 11 is 0. The van der Waals surface area contributed by atoms with Crippen LogP contribution in [-0.2, 0) is 0 Å². The van der Waals surface area contributed by atoms with E-state index in [1.807, 2.05) is 0 Å². The Morgan fingerprint density at radius 2 is 1.85 bits per heavy atom. The highest BCUT2D eigenvalue weighted by Crippen LogP contribution is 2.49. The number of hydrogen-bond donors (Lipinski definition) is 2. The van der Waals surface area contributed by atoms with E-state index in [0.717, 1.165) is 41.9 Å². The number of nitrogens with zero attached hydrogens (tertiary/aromatic N) is 1. The highest BCUT2D eigenvalue weighted by atomic mass is 15.4. The lowest BCUT2D eigenvalue weighted by Crippen LogP contribution is -2.53. The van der Waals surface area contributed by atoms with Gasteiger partial charge in [-0.15, -0.1) is 0 Å². The molecule has 112 valence electrons. The average Bonchev–Trinajstić information content (AvgIpc) is 2.84. The van der Waals surface area contributed by atoms with Crippen LogP contribution in [-0.4, -0.2) is 42.8 Å². The first-order valence-electron chi connectivity index (χ1n) is 9.11. The Kier molecular flexibility index (Phi) is 2.91. The van der Waals surface area contributed by atoms with Crippen LogP contribution in [0.1, 0.15) is 44.9 Å². The summed E-state index contributed by atoms with van der Waals surface area (Å²) in [5.74, 6) is 4.06. The molecule has 0 spiro atoms. The molecule has 3 aliphatic heterocycles.